The minimum atomic E-state index is -5.17. The number of rotatable bonds is 8. The number of aliphatic hydroxyl groups excluding tert-OH is 2. The first-order valence-electron chi connectivity index (χ1n) is 18.0. The summed E-state index contributed by atoms with van der Waals surface area (Å²) < 4.78 is 44.8. The van der Waals surface area contributed by atoms with E-state index in [1.807, 2.05) is 48.5 Å². The maximum absolute atomic E-state index is 11.2. The molecule has 0 radical (unpaired) electrons. The summed E-state index contributed by atoms with van der Waals surface area (Å²) >= 11 is 0. The van der Waals surface area contributed by atoms with Gasteiger partial charge in [0.1, 0.15) is 11.5 Å². The zero-order valence-corrected chi connectivity index (χ0v) is 31.5. The summed E-state index contributed by atoms with van der Waals surface area (Å²) in [5.41, 5.74) is 3.69. The number of benzene rings is 2. The van der Waals surface area contributed by atoms with Crippen molar-refractivity contribution in [2.75, 3.05) is 40.4 Å². The van der Waals surface area contributed by atoms with Gasteiger partial charge >= 0.3 is 0 Å². The number of piperidine rings is 6. The maximum atomic E-state index is 11.2. The smallest absolute Gasteiger partial charge is 0.119 e. The van der Waals surface area contributed by atoms with Crippen molar-refractivity contribution >= 4 is 32.2 Å². The second-order valence-electron chi connectivity index (χ2n) is 14.4. The van der Waals surface area contributed by atoms with E-state index in [9.17, 15) is 10.2 Å². The normalized spacial score (nSPS) is 28.0. The van der Waals surface area contributed by atoms with E-state index in [1.54, 1.807) is 26.6 Å². The third-order valence-electron chi connectivity index (χ3n) is 11.6. The van der Waals surface area contributed by atoms with Gasteiger partial charge in [0.05, 0.1) is 37.5 Å². The lowest BCUT2D eigenvalue weighted by molar-refractivity contribution is -0.0445. The molecule has 6 aliphatic heterocycles. The zero-order valence-electron chi connectivity index (χ0n) is 30.7. The molecule has 292 valence electrons. The number of hydrogen-bond donors (Lipinski definition) is 2. The van der Waals surface area contributed by atoms with Crippen molar-refractivity contribution in [3.05, 3.63) is 97.4 Å². The molecular formula is C40H50N4O9S-2. The average Bonchev–Trinajstić information content (AvgIpc) is 3.19. The molecule has 2 aromatic carbocycles. The summed E-state index contributed by atoms with van der Waals surface area (Å²) in [6, 6.07) is 15.9. The highest BCUT2D eigenvalue weighted by Gasteiger charge is 2.43. The topological polar surface area (TPSA) is 203 Å². The molecule has 0 amide bonds. The van der Waals surface area contributed by atoms with Crippen molar-refractivity contribution in [2.24, 2.45) is 23.7 Å². The van der Waals surface area contributed by atoms with Gasteiger partial charge < -0.3 is 34.3 Å². The van der Waals surface area contributed by atoms with Crippen molar-refractivity contribution in [2.45, 2.75) is 50.0 Å². The molecule has 54 heavy (non-hydrogen) atoms. The first kappa shape index (κ1) is 41.2. The molecule has 0 aliphatic carbocycles. The van der Waals surface area contributed by atoms with Crippen LogP contribution in [0.25, 0.3) is 21.8 Å². The number of pyridine rings is 2. The Balaban J connectivity index is 0.000000182. The lowest BCUT2D eigenvalue weighted by Gasteiger charge is -2.50. The van der Waals surface area contributed by atoms with Gasteiger partial charge in [-0.05, 0) is 122 Å². The SMILES string of the molecule is C=CC1CN2CCC1CC2C(O)c1ccnc2ccc(OC)cc12.C=CC1CN2CCC1CC2C(O)c1ccnc2ccc(OC)cc12.O.O=S(=O)([O-])[O-]. The van der Waals surface area contributed by atoms with E-state index in [0.29, 0.717) is 23.7 Å². The van der Waals surface area contributed by atoms with Crippen LogP contribution in [-0.2, 0) is 10.4 Å². The van der Waals surface area contributed by atoms with Crippen LogP contribution in [0.4, 0.5) is 0 Å². The quantitative estimate of drug-likeness (QED) is 0.148. The second kappa shape index (κ2) is 17.6. The van der Waals surface area contributed by atoms with Gasteiger partial charge in [-0.1, -0.05) is 12.2 Å². The Morgan fingerprint density at radius 2 is 1.15 bits per heavy atom. The molecule has 0 saturated carbocycles. The summed E-state index contributed by atoms with van der Waals surface area (Å²) in [6.45, 7) is 12.1. The Bertz CT molecular complexity index is 1890. The van der Waals surface area contributed by atoms with Crippen LogP contribution < -0.4 is 9.47 Å². The molecule has 0 spiro atoms. The number of aromatic nitrogens is 2. The van der Waals surface area contributed by atoms with Gasteiger partial charge in [0.25, 0.3) is 0 Å². The van der Waals surface area contributed by atoms with Crippen molar-refractivity contribution in [1.29, 1.82) is 0 Å². The monoisotopic (exact) mass is 762 g/mol. The van der Waals surface area contributed by atoms with Crippen LogP contribution in [0.15, 0.2) is 86.2 Å². The molecule has 2 aromatic heterocycles. The van der Waals surface area contributed by atoms with Crippen LogP contribution in [0.2, 0.25) is 0 Å². The number of methoxy groups -OCH3 is 2. The molecular weight excluding hydrogens is 713 g/mol. The fourth-order valence-electron chi connectivity index (χ4n) is 8.89. The summed E-state index contributed by atoms with van der Waals surface area (Å²) in [7, 11) is -1.84. The lowest BCUT2D eigenvalue weighted by atomic mass is 9.73. The van der Waals surface area contributed by atoms with E-state index in [4.69, 9.17) is 27.0 Å². The van der Waals surface area contributed by atoms with Crippen LogP contribution in [0, 0.1) is 23.7 Å². The Hall–Kier alpha value is -3.99. The van der Waals surface area contributed by atoms with Gasteiger partial charge in [0.2, 0.25) is 0 Å². The molecule has 14 heteroatoms. The molecule has 6 saturated heterocycles. The zero-order chi connectivity index (χ0) is 37.9. The number of aliphatic hydroxyl groups is 2. The number of hydrogen-bond acceptors (Lipinski definition) is 12. The van der Waals surface area contributed by atoms with Crippen LogP contribution >= 0.6 is 0 Å². The highest BCUT2D eigenvalue weighted by atomic mass is 32.3. The largest absolute Gasteiger partial charge is 0.759 e. The van der Waals surface area contributed by atoms with Crippen LogP contribution in [-0.4, -0.2) is 105 Å². The Morgan fingerprint density at radius 1 is 0.759 bits per heavy atom. The first-order chi connectivity index (χ1) is 25.4. The standard InChI is InChI=1S/2C20H24N2O2.H2O4S.H2O/c2*1-3-13-12-22-9-7-14(13)10-19(22)20(23)16-6-8-21-18-5-4-15(24-2)11-17(16)18;1-5(2,3)4;/h2*3-6,8,11,13-14,19-20,23H,1,7,9-10,12H2,2H3;(H2,1,2,3,4);1H2/p-2. The maximum Gasteiger partial charge on any atom is 0.119 e. The molecule has 6 fully saturated rings. The minimum Gasteiger partial charge on any atom is -0.759 e. The Kier molecular flexibility index (Phi) is 13.5. The first-order valence-corrected chi connectivity index (χ1v) is 19.4. The molecule has 10 atom stereocenters. The van der Waals surface area contributed by atoms with Crippen molar-refractivity contribution in [1.82, 2.24) is 19.8 Å². The Morgan fingerprint density at radius 3 is 1.46 bits per heavy atom. The third-order valence-corrected chi connectivity index (χ3v) is 11.6. The summed E-state index contributed by atoms with van der Waals surface area (Å²) in [6.07, 6.45) is 11.2. The van der Waals surface area contributed by atoms with E-state index >= 15 is 0 Å². The fourth-order valence-corrected chi connectivity index (χ4v) is 8.89. The highest BCUT2D eigenvalue weighted by molar-refractivity contribution is 7.79. The van der Waals surface area contributed by atoms with Gasteiger partial charge in [0.15, 0.2) is 0 Å². The molecule has 6 aliphatic rings. The molecule has 10 unspecified atom stereocenters. The van der Waals surface area contributed by atoms with Crippen LogP contribution in [0.5, 0.6) is 11.5 Å². The van der Waals surface area contributed by atoms with E-state index in [0.717, 1.165) is 83.5 Å². The molecule has 4 N–H and O–H groups in total. The fraction of sp³-hybridized carbons (Fsp3) is 0.450. The van der Waals surface area contributed by atoms with E-state index in [2.05, 4.69) is 45.1 Å². The summed E-state index contributed by atoms with van der Waals surface area (Å²) in [5.74, 6) is 4.01. The van der Waals surface area contributed by atoms with Gasteiger partial charge in [-0.15, -0.1) is 13.2 Å². The van der Waals surface area contributed by atoms with E-state index < -0.39 is 22.6 Å². The predicted molar refractivity (Wildman–Crippen MR) is 204 cm³/mol. The van der Waals surface area contributed by atoms with Crippen molar-refractivity contribution < 1.29 is 42.7 Å². The highest BCUT2D eigenvalue weighted by Crippen LogP contribution is 2.43. The van der Waals surface area contributed by atoms with E-state index in [-0.39, 0.29) is 17.6 Å². The predicted octanol–water partition coefficient (Wildman–Crippen LogP) is 4.18. The van der Waals surface area contributed by atoms with Crippen LogP contribution in [0.3, 0.4) is 0 Å². The molecule has 4 aromatic rings. The van der Waals surface area contributed by atoms with Gasteiger partial charge in [-0.25, -0.2) is 0 Å². The van der Waals surface area contributed by atoms with Gasteiger partial charge in [0, 0.05) is 58.7 Å². The summed E-state index contributed by atoms with van der Waals surface area (Å²) in [4.78, 5) is 13.7. The lowest BCUT2D eigenvalue weighted by Crippen LogP contribution is -2.54. The minimum absolute atomic E-state index is 0. The number of nitrogens with zero attached hydrogens (tertiary/aromatic N) is 4. The number of fused-ring (bicyclic) bond motifs is 8. The Labute approximate surface area is 316 Å². The van der Waals surface area contributed by atoms with Gasteiger partial charge in [-0.3, -0.25) is 28.2 Å². The number of ether oxygens (including phenoxy) is 2. The van der Waals surface area contributed by atoms with E-state index in [1.165, 1.54) is 12.8 Å². The average molecular weight is 763 g/mol. The molecule has 10 rings (SSSR count). The molecule has 13 nitrogen and oxygen atoms in total. The van der Waals surface area contributed by atoms with Gasteiger partial charge in [-0.2, -0.15) is 0 Å². The molecule has 4 bridgehead atoms. The molecule has 8 heterocycles. The second-order valence-corrected chi connectivity index (χ2v) is 15.2. The van der Waals surface area contributed by atoms with Crippen molar-refractivity contribution in [3.8, 4) is 11.5 Å². The van der Waals surface area contributed by atoms with Crippen molar-refractivity contribution in [3.63, 3.8) is 0 Å². The summed E-state index contributed by atoms with van der Waals surface area (Å²) in [5, 5.41) is 24.3. The van der Waals surface area contributed by atoms with Crippen LogP contribution in [0.1, 0.15) is 49.0 Å². The third kappa shape index (κ3) is 9.09.